The molecule has 0 radical (unpaired) electrons. The quantitative estimate of drug-likeness (QED) is 0.854. The lowest BCUT2D eigenvalue weighted by atomic mass is 10.0. The Morgan fingerprint density at radius 1 is 1.22 bits per heavy atom. The van der Waals surface area contributed by atoms with Crippen molar-refractivity contribution < 1.29 is 19.4 Å². The molecule has 0 bridgehead atoms. The lowest BCUT2D eigenvalue weighted by Gasteiger charge is -2.13. The molecule has 2 aromatic rings. The van der Waals surface area contributed by atoms with Gasteiger partial charge >= 0.3 is 0 Å². The van der Waals surface area contributed by atoms with Gasteiger partial charge in [-0.1, -0.05) is 36.4 Å². The van der Waals surface area contributed by atoms with Gasteiger partial charge in [0.1, 0.15) is 30.6 Å². The van der Waals surface area contributed by atoms with E-state index in [0.717, 1.165) is 16.9 Å². The van der Waals surface area contributed by atoms with Crippen molar-refractivity contribution in [1.29, 1.82) is 0 Å². The second kappa shape index (κ2) is 7.15. The summed E-state index contributed by atoms with van der Waals surface area (Å²) in [4.78, 5) is 12.4. The lowest BCUT2D eigenvalue weighted by Crippen LogP contribution is -2.29. The summed E-state index contributed by atoms with van der Waals surface area (Å²) in [5.74, 6) is 1.10. The van der Waals surface area contributed by atoms with Crippen LogP contribution in [0, 0.1) is 0 Å². The monoisotopic (exact) mass is 313 g/mol. The second-order valence-electron chi connectivity index (χ2n) is 5.30. The van der Waals surface area contributed by atoms with E-state index in [0.29, 0.717) is 18.9 Å². The van der Waals surface area contributed by atoms with Gasteiger partial charge in [-0.15, -0.1) is 0 Å². The number of fused-ring (bicyclic) bond motifs is 1. The minimum absolute atomic E-state index is 0.0448. The molecule has 0 fully saturated rings. The Morgan fingerprint density at radius 2 is 2.00 bits per heavy atom. The molecule has 1 heterocycles. The van der Waals surface area contributed by atoms with Crippen LogP contribution >= 0.6 is 0 Å². The molecule has 1 atom stereocenters. The van der Waals surface area contributed by atoms with Crippen LogP contribution in [-0.2, 0) is 11.3 Å². The van der Waals surface area contributed by atoms with E-state index in [9.17, 15) is 4.79 Å². The largest absolute Gasteiger partial charge is 0.492 e. The molecule has 5 nitrogen and oxygen atoms in total. The zero-order valence-corrected chi connectivity index (χ0v) is 12.7. The van der Waals surface area contributed by atoms with Crippen molar-refractivity contribution in [2.45, 2.75) is 12.5 Å². The van der Waals surface area contributed by atoms with Crippen LogP contribution in [0.5, 0.6) is 11.5 Å². The second-order valence-corrected chi connectivity index (χ2v) is 5.30. The minimum Gasteiger partial charge on any atom is -0.492 e. The van der Waals surface area contributed by atoms with Crippen LogP contribution in [0.3, 0.4) is 0 Å². The zero-order chi connectivity index (χ0) is 16.1. The van der Waals surface area contributed by atoms with Crippen molar-refractivity contribution in [3.8, 4) is 11.5 Å². The van der Waals surface area contributed by atoms with E-state index in [1.165, 1.54) is 0 Å². The predicted molar refractivity (Wildman–Crippen MR) is 85.5 cm³/mol. The van der Waals surface area contributed by atoms with Crippen LogP contribution in [0.15, 0.2) is 48.5 Å². The number of para-hydroxylation sites is 2. The average molecular weight is 313 g/mol. The number of nitrogens with one attached hydrogen (secondary N) is 1. The Bertz CT molecular complexity index is 686. The van der Waals surface area contributed by atoms with Crippen molar-refractivity contribution in [1.82, 2.24) is 5.32 Å². The number of ether oxygens (including phenoxy) is 2. The van der Waals surface area contributed by atoms with Crippen molar-refractivity contribution in [3.05, 3.63) is 59.7 Å². The van der Waals surface area contributed by atoms with Crippen LogP contribution in [0.1, 0.15) is 17.0 Å². The molecule has 120 valence electrons. The molecule has 1 unspecified atom stereocenters. The topological polar surface area (TPSA) is 67.8 Å². The predicted octanol–water partition coefficient (Wildman–Crippen LogP) is 1.85. The maximum atomic E-state index is 12.4. The number of hydrogen-bond acceptors (Lipinski definition) is 4. The van der Waals surface area contributed by atoms with E-state index in [2.05, 4.69) is 5.32 Å². The van der Waals surface area contributed by atoms with Gasteiger partial charge in [0.2, 0.25) is 5.91 Å². The third kappa shape index (κ3) is 3.46. The molecule has 3 rings (SSSR count). The fraction of sp³-hybridized carbons (Fsp3) is 0.278. The third-order valence-electron chi connectivity index (χ3n) is 3.79. The SMILES string of the molecule is O=C(NCc1ccccc1OCCO)C1COc2ccccc21. The number of rotatable bonds is 6. The molecule has 23 heavy (non-hydrogen) atoms. The van der Waals surface area contributed by atoms with Crippen molar-refractivity contribution in [2.24, 2.45) is 0 Å². The van der Waals surface area contributed by atoms with Gasteiger partial charge < -0.3 is 19.9 Å². The first-order valence-electron chi connectivity index (χ1n) is 7.60. The summed E-state index contributed by atoms with van der Waals surface area (Å²) in [7, 11) is 0. The van der Waals surface area contributed by atoms with Gasteiger partial charge in [0.05, 0.1) is 6.61 Å². The molecule has 1 aliphatic rings. The highest BCUT2D eigenvalue weighted by atomic mass is 16.5. The van der Waals surface area contributed by atoms with E-state index in [1.54, 1.807) is 0 Å². The summed E-state index contributed by atoms with van der Waals surface area (Å²) in [6, 6.07) is 15.1. The standard InChI is InChI=1S/C18H19NO4/c20-9-10-22-16-7-3-1-5-13(16)11-19-18(21)15-12-23-17-8-4-2-6-14(15)17/h1-8,15,20H,9-12H2,(H,19,21). The molecule has 0 aromatic heterocycles. The Morgan fingerprint density at radius 3 is 2.87 bits per heavy atom. The Balaban J connectivity index is 1.64. The summed E-state index contributed by atoms with van der Waals surface area (Å²) in [5.41, 5.74) is 1.80. The normalized spacial score (nSPS) is 15.6. The van der Waals surface area contributed by atoms with Gasteiger partial charge in [-0.25, -0.2) is 0 Å². The summed E-state index contributed by atoms with van der Waals surface area (Å²) in [6.07, 6.45) is 0. The molecule has 0 saturated heterocycles. The van der Waals surface area contributed by atoms with E-state index in [4.69, 9.17) is 14.6 Å². The molecular weight excluding hydrogens is 294 g/mol. The molecule has 2 aromatic carbocycles. The van der Waals surface area contributed by atoms with E-state index in [-0.39, 0.29) is 25.0 Å². The van der Waals surface area contributed by atoms with Crippen LogP contribution in [0.2, 0.25) is 0 Å². The molecule has 1 amide bonds. The first-order valence-corrected chi connectivity index (χ1v) is 7.60. The first kappa shape index (κ1) is 15.4. The Hall–Kier alpha value is -2.53. The minimum atomic E-state index is -0.281. The maximum absolute atomic E-state index is 12.4. The number of carbonyl (C=O) groups is 1. The Kier molecular flexibility index (Phi) is 4.78. The van der Waals surface area contributed by atoms with Crippen LogP contribution in [-0.4, -0.2) is 30.8 Å². The first-order chi connectivity index (χ1) is 11.3. The van der Waals surface area contributed by atoms with Crippen molar-refractivity contribution >= 4 is 5.91 Å². The number of aliphatic hydroxyl groups excluding tert-OH is 1. The fourth-order valence-electron chi connectivity index (χ4n) is 2.63. The van der Waals surface area contributed by atoms with E-state index >= 15 is 0 Å². The highest BCUT2D eigenvalue weighted by Gasteiger charge is 2.29. The third-order valence-corrected chi connectivity index (χ3v) is 3.79. The molecule has 5 heteroatoms. The van der Waals surface area contributed by atoms with E-state index < -0.39 is 0 Å². The van der Waals surface area contributed by atoms with E-state index in [1.807, 2.05) is 48.5 Å². The lowest BCUT2D eigenvalue weighted by molar-refractivity contribution is -0.122. The number of amides is 1. The molecule has 1 aliphatic heterocycles. The molecule has 0 aliphatic carbocycles. The highest BCUT2D eigenvalue weighted by Crippen LogP contribution is 2.33. The smallest absolute Gasteiger partial charge is 0.231 e. The van der Waals surface area contributed by atoms with Gasteiger partial charge in [-0.05, 0) is 12.1 Å². The molecule has 2 N–H and O–H groups in total. The van der Waals surface area contributed by atoms with Gasteiger partial charge in [0, 0.05) is 17.7 Å². The number of hydrogen-bond donors (Lipinski definition) is 2. The summed E-state index contributed by atoms with van der Waals surface area (Å²) < 4.78 is 11.0. The van der Waals surface area contributed by atoms with Gasteiger partial charge in [0.15, 0.2) is 0 Å². The maximum Gasteiger partial charge on any atom is 0.231 e. The molecule has 0 saturated carbocycles. The highest BCUT2D eigenvalue weighted by molar-refractivity contribution is 5.85. The van der Waals surface area contributed by atoms with Crippen LogP contribution in [0.25, 0.3) is 0 Å². The zero-order valence-electron chi connectivity index (χ0n) is 12.7. The average Bonchev–Trinajstić information content (AvgIpc) is 3.02. The van der Waals surface area contributed by atoms with Gasteiger partial charge in [0.25, 0.3) is 0 Å². The van der Waals surface area contributed by atoms with Gasteiger partial charge in [-0.3, -0.25) is 4.79 Å². The molecule has 0 spiro atoms. The summed E-state index contributed by atoms with van der Waals surface area (Å²) in [6.45, 7) is 0.929. The molecular formula is C18H19NO4. The fourth-order valence-corrected chi connectivity index (χ4v) is 2.63. The Labute approximate surface area is 134 Å². The number of carbonyl (C=O) groups excluding carboxylic acids is 1. The number of aliphatic hydroxyl groups is 1. The van der Waals surface area contributed by atoms with Crippen LogP contribution in [0.4, 0.5) is 0 Å². The number of benzene rings is 2. The van der Waals surface area contributed by atoms with Crippen molar-refractivity contribution in [2.75, 3.05) is 19.8 Å². The summed E-state index contributed by atoms with van der Waals surface area (Å²) >= 11 is 0. The van der Waals surface area contributed by atoms with Gasteiger partial charge in [-0.2, -0.15) is 0 Å². The van der Waals surface area contributed by atoms with Crippen LogP contribution < -0.4 is 14.8 Å². The van der Waals surface area contributed by atoms with Crippen molar-refractivity contribution in [3.63, 3.8) is 0 Å². The summed E-state index contributed by atoms with van der Waals surface area (Å²) in [5, 5.41) is 11.8.